The van der Waals surface area contributed by atoms with Crippen molar-refractivity contribution in [3.05, 3.63) is 12.7 Å². The van der Waals surface area contributed by atoms with Crippen LogP contribution in [0.3, 0.4) is 0 Å². The molecule has 0 bridgehead atoms. The van der Waals surface area contributed by atoms with E-state index >= 15 is 0 Å². The fraction of sp³-hybridized carbons (Fsp3) is 0.818. The minimum atomic E-state index is -0.651. The lowest BCUT2D eigenvalue weighted by molar-refractivity contribution is 0.404. The lowest BCUT2D eigenvalue weighted by Crippen LogP contribution is -2.33. The highest BCUT2D eigenvalue weighted by molar-refractivity contribution is 7.84. The third kappa shape index (κ3) is 7.27. The summed E-state index contributed by atoms with van der Waals surface area (Å²) in [5.41, 5.74) is 0. The summed E-state index contributed by atoms with van der Waals surface area (Å²) >= 11 is 0. The van der Waals surface area contributed by atoms with Crippen LogP contribution in [0.5, 0.6) is 0 Å². The molecule has 0 aliphatic rings. The van der Waals surface area contributed by atoms with E-state index in [-0.39, 0.29) is 0 Å². The summed E-state index contributed by atoms with van der Waals surface area (Å²) in [6, 6.07) is 0.512. The van der Waals surface area contributed by atoms with Crippen LogP contribution in [-0.2, 0) is 10.8 Å². The van der Waals surface area contributed by atoms with Crippen molar-refractivity contribution in [2.24, 2.45) is 5.92 Å². The van der Waals surface area contributed by atoms with E-state index in [1.165, 1.54) is 0 Å². The second-order valence-corrected chi connectivity index (χ2v) is 5.43. The quantitative estimate of drug-likeness (QED) is 0.497. The molecule has 14 heavy (non-hydrogen) atoms. The zero-order valence-corrected chi connectivity index (χ0v) is 10.4. The maximum atomic E-state index is 10.8. The van der Waals surface area contributed by atoms with Gasteiger partial charge in [-0.15, -0.1) is 6.58 Å². The maximum absolute atomic E-state index is 10.8. The Labute approximate surface area is 90.6 Å². The van der Waals surface area contributed by atoms with Crippen molar-refractivity contribution in [1.82, 2.24) is 5.32 Å². The van der Waals surface area contributed by atoms with Gasteiger partial charge in [0.25, 0.3) is 0 Å². The van der Waals surface area contributed by atoms with E-state index in [0.29, 0.717) is 12.0 Å². The molecular weight excluding hydrogens is 194 g/mol. The number of allylic oxidation sites excluding steroid dienone is 1. The van der Waals surface area contributed by atoms with Gasteiger partial charge in [0.2, 0.25) is 0 Å². The van der Waals surface area contributed by atoms with Crippen molar-refractivity contribution in [3.8, 4) is 0 Å². The van der Waals surface area contributed by atoms with Gasteiger partial charge in [0.15, 0.2) is 0 Å². The van der Waals surface area contributed by atoms with Gasteiger partial charge in [-0.2, -0.15) is 0 Å². The van der Waals surface area contributed by atoms with Crippen LogP contribution in [0.25, 0.3) is 0 Å². The second kappa shape index (κ2) is 8.18. The minimum absolute atomic E-state index is 0.512. The Morgan fingerprint density at radius 3 is 2.64 bits per heavy atom. The van der Waals surface area contributed by atoms with Gasteiger partial charge in [-0.05, 0) is 32.2 Å². The van der Waals surface area contributed by atoms with Crippen LogP contribution in [0.2, 0.25) is 0 Å². The molecule has 0 fully saturated rings. The molecular formula is C11H23NOS. The Hall–Kier alpha value is -0.150. The fourth-order valence-electron chi connectivity index (χ4n) is 1.27. The molecule has 0 aliphatic heterocycles. The van der Waals surface area contributed by atoms with Gasteiger partial charge in [0.05, 0.1) is 0 Å². The van der Waals surface area contributed by atoms with E-state index in [4.69, 9.17) is 0 Å². The lowest BCUT2D eigenvalue weighted by Gasteiger charge is -2.19. The van der Waals surface area contributed by atoms with Crippen LogP contribution in [0.1, 0.15) is 26.7 Å². The molecule has 0 aliphatic carbocycles. The molecule has 0 saturated heterocycles. The third-order valence-electron chi connectivity index (χ3n) is 2.47. The Kier molecular flexibility index (Phi) is 8.09. The molecule has 0 aromatic carbocycles. The van der Waals surface area contributed by atoms with Crippen LogP contribution in [0.4, 0.5) is 0 Å². The first-order chi connectivity index (χ1) is 6.57. The number of hydrogen-bond donors (Lipinski definition) is 1. The summed E-state index contributed by atoms with van der Waals surface area (Å²) in [7, 11) is -0.651. The van der Waals surface area contributed by atoms with E-state index in [0.717, 1.165) is 25.1 Å². The first-order valence-corrected chi connectivity index (χ1v) is 6.95. The predicted octanol–water partition coefficient (Wildman–Crippen LogP) is 1.95. The molecule has 3 unspecified atom stereocenters. The summed E-state index contributed by atoms with van der Waals surface area (Å²) in [5, 5.41) is 3.44. The summed E-state index contributed by atoms with van der Waals surface area (Å²) in [5.74, 6) is 1.43. The lowest BCUT2D eigenvalue weighted by atomic mass is 10.00. The molecule has 3 atom stereocenters. The van der Waals surface area contributed by atoms with Crippen molar-refractivity contribution >= 4 is 10.8 Å². The summed E-state index contributed by atoms with van der Waals surface area (Å²) in [6.07, 6.45) is 5.76. The van der Waals surface area contributed by atoms with E-state index in [1.54, 1.807) is 6.26 Å². The molecule has 0 amide bonds. The molecule has 0 heterocycles. The average Bonchev–Trinajstić information content (AvgIpc) is 2.12. The normalized spacial score (nSPS) is 17.4. The SMILES string of the molecule is C=CCC(C)C(C)NCCCS(C)=O. The zero-order chi connectivity index (χ0) is 11.0. The summed E-state index contributed by atoms with van der Waals surface area (Å²) < 4.78 is 10.8. The van der Waals surface area contributed by atoms with Crippen LogP contribution >= 0.6 is 0 Å². The molecule has 84 valence electrons. The molecule has 0 rings (SSSR count). The van der Waals surface area contributed by atoms with Crippen LogP contribution in [-0.4, -0.2) is 28.8 Å². The van der Waals surface area contributed by atoms with Gasteiger partial charge in [-0.3, -0.25) is 4.21 Å². The monoisotopic (exact) mass is 217 g/mol. The summed E-state index contributed by atoms with van der Waals surface area (Å²) in [6.45, 7) is 9.11. The zero-order valence-electron chi connectivity index (χ0n) is 9.58. The number of hydrogen-bond acceptors (Lipinski definition) is 2. The molecule has 2 nitrogen and oxygen atoms in total. The van der Waals surface area contributed by atoms with Crippen LogP contribution in [0.15, 0.2) is 12.7 Å². The van der Waals surface area contributed by atoms with Crippen molar-refractivity contribution < 1.29 is 4.21 Å². The van der Waals surface area contributed by atoms with E-state index in [9.17, 15) is 4.21 Å². The Bertz CT molecular complexity index is 182. The van der Waals surface area contributed by atoms with Gasteiger partial charge < -0.3 is 5.32 Å². The van der Waals surface area contributed by atoms with Crippen molar-refractivity contribution in [1.29, 1.82) is 0 Å². The number of rotatable bonds is 8. The van der Waals surface area contributed by atoms with Crippen molar-refractivity contribution in [2.75, 3.05) is 18.6 Å². The second-order valence-electron chi connectivity index (χ2n) is 3.88. The third-order valence-corrected chi connectivity index (χ3v) is 3.33. The molecule has 0 saturated carbocycles. The van der Waals surface area contributed by atoms with Gasteiger partial charge in [0, 0.05) is 28.9 Å². The largest absolute Gasteiger partial charge is 0.314 e. The average molecular weight is 217 g/mol. The highest BCUT2D eigenvalue weighted by atomic mass is 32.2. The van der Waals surface area contributed by atoms with Crippen LogP contribution < -0.4 is 5.32 Å². The van der Waals surface area contributed by atoms with E-state index < -0.39 is 10.8 Å². The van der Waals surface area contributed by atoms with Gasteiger partial charge >= 0.3 is 0 Å². The molecule has 3 heteroatoms. The number of nitrogens with one attached hydrogen (secondary N) is 1. The summed E-state index contributed by atoms with van der Waals surface area (Å²) in [4.78, 5) is 0. The first-order valence-electron chi connectivity index (χ1n) is 5.22. The predicted molar refractivity (Wildman–Crippen MR) is 65.0 cm³/mol. The minimum Gasteiger partial charge on any atom is -0.314 e. The van der Waals surface area contributed by atoms with Gasteiger partial charge in [-0.25, -0.2) is 0 Å². The Balaban J connectivity index is 3.47. The molecule has 0 aromatic rings. The smallest absolute Gasteiger partial charge is 0.0244 e. The topological polar surface area (TPSA) is 29.1 Å². The highest BCUT2D eigenvalue weighted by Crippen LogP contribution is 2.07. The van der Waals surface area contributed by atoms with Gasteiger partial charge in [-0.1, -0.05) is 13.0 Å². The standard InChI is InChI=1S/C11H23NOS/c1-5-7-10(2)11(3)12-8-6-9-14(4)13/h5,10-12H,1,6-9H2,2-4H3. The molecule has 1 N–H and O–H groups in total. The maximum Gasteiger partial charge on any atom is 0.0244 e. The van der Waals surface area contributed by atoms with Crippen molar-refractivity contribution in [3.63, 3.8) is 0 Å². The molecule has 0 radical (unpaired) electrons. The van der Waals surface area contributed by atoms with E-state index in [2.05, 4.69) is 25.7 Å². The Morgan fingerprint density at radius 2 is 2.14 bits per heavy atom. The fourth-order valence-corrected chi connectivity index (χ4v) is 1.82. The van der Waals surface area contributed by atoms with Gasteiger partial charge in [0.1, 0.15) is 0 Å². The first kappa shape index (κ1) is 13.8. The van der Waals surface area contributed by atoms with E-state index in [1.807, 2.05) is 6.08 Å². The molecule has 0 spiro atoms. The van der Waals surface area contributed by atoms with Crippen molar-refractivity contribution in [2.45, 2.75) is 32.7 Å². The van der Waals surface area contributed by atoms with Crippen LogP contribution in [0, 0.1) is 5.92 Å². The highest BCUT2D eigenvalue weighted by Gasteiger charge is 2.08. The molecule has 0 aromatic heterocycles. The Morgan fingerprint density at radius 1 is 1.50 bits per heavy atom.